The Kier molecular flexibility index (Phi) is 6.59. The van der Waals surface area contributed by atoms with Gasteiger partial charge in [0.1, 0.15) is 11.6 Å². The smallest absolute Gasteiger partial charge is 0.257 e. The summed E-state index contributed by atoms with van der Waals surface area (Å²) in [5.74, 6) is -1.79. The molecule has 158 valence electrons. The number of anilines is 1. The van der Waals surface area contributed by atoms with Gasteiger partial charge in [-0.15, -0.1) is 11.3 Å². The van der Waals surface area contributed by atoms with E-state index in [1.807, 2.05) is 0 Å². The molecule has 1 heterocycles. The number of hydrogen-bond acceptors (Lipinski definition) is 5. The van der Waals surface area contributed by atoms with E-state index in [1.165, 1.54) is 34.0 Å². The van der Waals surface area contributed by atoms with Gasteiger partial charge in [0.15, 0.2) is 5.13 Å². The molecule has 0 aliphatic heterocycles. The van der Waals surface area contributed by atoms with Crippen LogP contribution in [-0.2, 0) is 10.0 Å². The summed E-state index contributed by atoms with van der Waals surface area (Å²) >= 11 is 1.05. The maximum atomic E-state index is 13.9. The third kappa shape index (κ3) is 4.55. The van der Waals surface area contributed by atoms with Gasteiger partial charge in [-0.3, -0.25) is 10.1 Å². The molecule has 0 saturated heterocycles. The molecule has 0 saturated carbocycles. The molecule has 0 unspecified atom stereocenters. The minimum Gasteiger partial charge on any atom is -0.298 e. The first kappa shape index (κ1) is 22.0. The average molecular weight is 452 g/mol. The topological polar surface area (TPSA) is 79.4 Å². The molecular formula is C20H19F2N3O3S2. The molecule has 0 aliphatic carbocycles. The average Bonchev–Trinajstić information content (AvgIpc) is 3.18. The molecule has 0 atom stereocenters. The molecule has 3 aromatic rings. The molecule has 1 amide bonds. The zero-order chi connectivity index (χ0) is 21.9. The predicted octanol–water partition coefficient (Wildman–Crippen LogP) is 4.37. The lowest BCUT2D eigenvalue weighted by atomic mass is 10.1. The van der Waals surface area contributed by atoms with Crippen molar-refractivity contribution in [2.45, 2.75) is 18.7 Å². The summed E-state index contributed by atoms with van der Waals surface area (Å²) < 4.78 is 53.9. The van der Waals surface area contributed by atoms with Crippen LogP contribution in [0.15, 0.2) is 52.7 Å². The normalized spacial score (nSPS) is 11.6. The number of hydrogen-bond donors (Lipinski definition) is 1. The van der Waals surface area contributed by atoms with Crippen molar-refractivity contribution in [1.82, 2.24) is 9.29 Å². The zero-order valence-corrected chi connectivity index (χ0v) is 17.9. The number of rotatable bonds is 7. The molecule has 10 heteroatoms. The summed E-state index contributed by atoms with van der Waals surface area (Å²) in [4.78, 5) is 16.7. The van der Waals surface area contributed by atoms with Crippen molar-refractivity contribution in [2.24, 2.45) is 0 Å². The van der Waals surface area contributed by atoms with Gasteiger partial charge in [-0.05, 0) is 36.4 Å². The summed E-state index contributed by atoms with van der Waals surface area (Å²) in [6.07, 6.45) is 0. The first-order valence-electron chi connectivity index (χ1n) is 9.08. The Morgan fingerprint density at radius 2 is 1.87 bits per heavy atom. The van der Waals surface area contributed by atoms with Crippen LogP contribution in [0.5, 0.6) is 0 Å². The van der Waals surface area contributed by atoms with Crippen LogP contribution in [-0.4, -0.2) is 36.7 Å². The molecule has 0 fully saturated rings. The fraction of sp³-hybridized carbons (Fsp3) is 0.200. The van der Waals surface area contributed by atoms with Gasteiger partial charge in [-0.2, -0.15) is 4.31 Å². The van der Waals surface area contributed by atoms with Crippen LogP contribution >= 0.6 is 11.3 Å². The number of carbonyl (C=O) groups is 1. The monoisotopic (exact) mass is 451 g/mol. The summed E-state index contributed by atoms with van der Waals surface area (Å²) in [7, 11) is -3.71. The molecule has 3 rings (SSSR count). The van der Waals surface area contributed by atoms with Gasteiger partial charge in [-0.1, -0.05) is 19.9 Å². The number of nitrogens with one attached hydrogen (secondary N) is 1. The number of sulfonamides is 1. The highest BCUT2D eigenvalue weighted by Gasteiger charge is 2.23. The molecule has 1 N–H and O–H groups in total. The van der Waals surface area contributed by atoms with Gasteiger partial charge in [-0.25, -0.2) is 22.2 Å². The van der Waals surface area contributed by atoms with Crippen LogP contribution in [0, 0.1) is 11.6 Å². The van der Waals surface area contributed by atoms with Crippen LogP contribution in [0.4, 0.5) is 13.9 Å². The quantitative estimate of drug-likeness (QED) is 0.579. The summed E-state index contributed by atoms with van der Waals surface area (Å²) in [5.41, 5.74) is 0.307. The van der Waals surface area contributed by atoms with Crippen molar-refractivity contribution in [1.29, 1.82) is 0 Å². The van der Waals surface area contributed by atoms with Gasteiger partial charge >= 0.3 is 0 Å². The predicted molar refractivity (Wildman–Crippen MR) is 112 cm³/mol. The van der Waals surface area contributed by atoms with E-state index in [-0.39, 0.29) is 26.8 Å². The first-order chi connectivity index (χ1) is 14.3. The Morgan fingerprint density at radius 1 is 1.13 bits per heavy atom. The number of halogens is 2. The third-order valence-corrected chi connectivity index (χ3v) is 7.17. The van der Waals surface area contributed by atoms with Crippen molar-refractivity contribution in [3.63, 3.8) is 0 Å². The number of nitrogens with zero attached hydrogens (tertiary/aromatic N) is 2. The number of thiazole rings is 1. The van der Waals surface area contributed by atoms with E-state index >= 15 is 0 Å². The fourth-order valence-electron chi connectivity index (χ4n) is 2.83. The number of carbonyl (C=O) groups excluding carboxylic acids is 1. The molecule has 0 spiro atoms. The summed E-state index contributed by atoms with van der Waals surface area (Å²) in [6.45, 7) is 4.10. The Labute approximate surface area is 177 Å². The molecule has 0 aliphatic rings. The van der Waals surface area contributed by atoms with Crippen LogP contribution in [0.1, 0.15) is 24.2 Å². The fourth-order valence-corrected chi connectivity index (χ4v) is 5.04. The van der Waals surface area contributed by atoms with E-state index < -0.39 is 27.6 Å². The van der Waals surface area contributed by atoms with E-state index in [2.05, 4.69) is 10.3 Å². The summed E-state index contributed by atoms with van der Waals surface area (Å²) in [5, 5.41) is 4.23. The first-order valence-corrected chi connectivity index (χ1v) is 11.4. The molecule has 6 nitrogen and oxygen atoms in total. The highest BCUT2D eigenvalue weighted by Crippen LogP contribution is 2.28. The lowest BCUT2D eigenvalue weighted by Crippen LogP contribution is -2.30. The lowest BCUT2D eigenvalue weighted by Gasteiger charge is -2.18. The molecular weight excluding hydrogens is 432 g/mol. The number of aromatic nitrogens is 1. The van der Waals surface area contributed by atoms with Gasteiger partial charge < -0.3 is 0 Å². The van der Waals surface area contributed by atoms with Crippen LogP contribution < -0.4 is 5.32 Å². The lowest BCUT2D eigenvalue weighted by molar-refractivity contribution is 0.102. The molecule has 1 aromatic heterocycles. The van der Waals surface area contributed by atoms with E-state index in [4.69, 9.17) is 0 Å². The molecule has 2 aromatic carbocycles. The second-order valence-electron chi connectivity index (χ2n) is 6.23. The van der Waals surface area contributed by atoms with Crippen LogP contribution in [0.25, 0.3) is 11.3 Å². The highest BCUT2D eigenvalue weighted by atomic mass is 32.2. The van der Waals surface area contributed by atoms with Gasteiger partial charge in [0.05, 0.1) is 10.6 Å². The minimum atomic E-state index is -3.71. The van der Waals surface area contributed by atoms with Gasteiger partial charge in [0.2, 0.25) is 10.0 Å². The van der Waals surface area contributed by atoms with Crippen molar-refractivity contribution in [2.75, 3.05) is 18.4 Å². The van der Waals surface area contributed by atoms with Crippen molar-refractivity contribution in [3.05, 3.63) is 65.0 Å². The van der Waals surface area contributed by atoms with Crippen LogP contribution in [0.2, 0.25) is 0 Å². The second-order valence-corrected chi connectivity index (χ2v) is 9.03. The maximum absolute atomic E-state index is 13.9. The van der Waals surface area contributed by atoms with E-state index in [0.29, 0.717) is 13.1 Å². The van der Waals surface area contributed by atoms with Crippen molar-refractivity contribution >= 4 is 32.4 Å². The van der Waals surface area contributed by atoms with E-state index in [1.54, 1.807) is 13.8 Å². The Balaban J connectivity index is 1.82. The SMILES string of the molecule is CCN(CC)S(=O)(=O)c1cccc(C(=O)Nc2nc(-c3cc(F)ccc3F)cs2)c1. The Hall–Kier alpha value is -2.69. The van der Waals surface area contributed by atoms with Crippen molar-refractivity contribution in [3.8, 4) is 11.3 Å². The maximum Gasteiger partial charge on any atom is 0.257 e. The van der Waals surface area contributed by atoms with E-state index in [0.717, 1.165) is 29.5 Å². The van der Waals surface area contributed by atoms with E-state index in [9.17, 15) is 22.0 Å². The van der Waals surface area contributed by atoms with Gasteiger partial charge in [0.25, 0.3) is 5.91 Å². The summed E-state index contributed by atoms with van der Waals surface area (Å²) in [6, 6.07) is 8.73. The molecule has 30 heavy (non-hydrogen) atoms. The third-order valence-electron chi connectivity index (χ3n) is 4.37. The number of benzene rings is 2. The Morgan fingerprint density at radius 3 is 2.57 bits per heavy atom. The van der Waals surface area contributed by atoms with Crippen LogP contribution in [0.3, 0.4) is 0 Å². The standard InChI is InChI=1S/C20H19F2N3O3S2/c1-3-25(4-2)30(27,28)15-7-5-6-13(10-15)19(26)24-20-23-18(12-29-20)16-11-14(21)8-9-17(16)22/h5-12H,3-4H2,1-2H3,(H,23,24,26). The Bertz CT molecular complexity index is 1180. The van der Waals surface area contributed by atoms with Gasteiger partial charge in [0, 0.05) is 29.6 Å². The highest BCUT2D eigenvalue weighted by molar-refractivity contribution is 7.89. The largest absolute Gasteiger partial charge is 0.298 e. The zero-order valence-electron chi connectivity index (χ0n) is 16.2. The second kappa shape index (κ2) is 8.99. The molecule has 0 radical (unpaired) electrons. The molecule has 0 bridgehead atoms. The number of amides is 1. The van der Waals surface area contributed by atoms with Crippen molar-refractivity contribution < 1.29 is 22.0 Å². The minimum absolute atomic E-state index is 0.0144.